The number of hydrogen-bond acceptors (Lipinski definition) is 1. The molecular weight excluding hydrogens is 158 g/mol. The average molecular weight is 183 g/mol. The summed E-state index contributed by atoms with van der Waals surface area (Å²) < 4.78 is 0. The molecule has 0 saturated carbocycles. The number of nitrogens with one attached hydrogen (secondary N) is 1. The lowest BCUT2D eigenvalue weighted by molar-refractivity contribution is 0.264. The lowest BCUT2D eigenvalue weighted by Crippen LogP contribution is -2.35. The molecule has 1 aliphatic heterocycles. The lowest BCUT2D eigenvalue weighted by Gasteiger charge is -2.29. The molecule has 1 nitrogen and oxygen atoms in total. The molecule has 0 aliphatic carbocycles. The predicted molar refractivity (Wildman–Crippen MR) is 58.9 cm³/mol. The Morgan fingerprint density at radius 3 is 2.54 bits per heavy atom. The minimum absolute atomic E-state index is 0.959. The first-order chi connectivity index (χ1) is 6.36. The number of piperidine rings is 1. The third kappa shape index (κ3) is 4.12. The van der Waals surface area contributed by atoms with E-state index in [4.69, 9.17) is 0 Å². The van der Waals surface area contributed by atoms with Crippen molar-refractivity contribution in [3.8, 4) is 0 Å². The summed E-state index contributed by atoms with van der Waals surface area (Å²) in [7, 11) is 0. The van der Waals surface area contributed by atoms with E-state index in [-0.39, 0.29) is 0 Å². The maximum atomic E-state index is 3.56. The van der Waals surface area contributed by atoms with E-state index in [2.05, 4.69) is 19.2 Å². The van der Waals surface area contributed by atoms with Gasteiger partial charge >= 0.3 is 0 Å². The van der Waals surface area contributed by atoms with E-state index in [1.54, 1.807) is 0 Å². The van der Waals surface area contributed by atoms with Crippen LogP contribution in [0.15, 0.2) is 0 Å². The molecule has 1 rings (SSSR count). The fourth-order valence-electron chi connectivity index (χ4n) is 2.34. The van der Waals surface area contributed by atoms with Crippen LogP contribution < -0.4 is 5.32 Å². The SMILES string of the molecule is CCCCC[C@H]1CNC[C@@H](CC)C1. The van der Waals surface area contributed by atoms with Crippen molar-refractivity contribution < 1.29 is 0 Å². The van der Waals surface area contributed by atoms with Crippen LogP contribution in [0.1, 0.15) is 52.4 Å². The highest BCUT2D eigenvalue weighted by molar-refractivity contribution is 4.75. The Bertz CT molecular complexity index is 122. The summed E-state index contributed by atoms with van der Waals surface area (Å²) in [5.74, 6) is 1.94. The van der Waals surface area contributed by atoms with Crippen molar-refractivity contribution in [3.05, 3.63) is 0 Å². The van der Waals surface area contributed by atoms with Gasteiger partial charge in [0.2, 0.25) is 0 Å². The molecule has 2 atom stereocenters. The van der Waals surface area contributed by atoms with E-state index in [0.717, 1.165) is 11.8 Å². The van der Waals surface area contributed by atoms with Crippen LogP contribution in [0.4, 0.5) is 0 Å². The van der Waals surface area contributed by atoms with E-state index in [0.29, 0.717) is 0 Å². The molecule has 1 aliphatic rings. The third-order valence-corrected chi connectivity index (χ3v) is 3.33. The zero-order chi connectivity index (χ0) is 9.52. The molecule has 78 valence electrons. The second kappa shape index (κ2) is 6.42. The fourth-order valence-corrected chi connectivity index (χ4v) is 2.34. The van der Waals surface area contributed by atoms with Crippen molar-refractivity contribution in [1.82, 2.24) is 5.32 Å². The summed E-state index contributed by atoms with van der Waals surface area (Å²) in [6, 6.07) is 0. The zero-order valence-corrected chi connectivity index (χ0v) is 9.31. The van der Waals surface area contributed by atoms with Crippen molar-refractivity contribution in [2.45, 2.75) is 52.4 Å². The smallest absolute Gasteiger partial charge is 0.00203 e. The second-order valence-electron chi connectivity index (χ2n) is 4.53. The minimum Gasteiger partial charge on any atom is -0.316 e. The van der Waals surface area contributed by atoms with E-state index >= 15 is 0 Å². The van der Waals surface area contributed by atoms with Gasteiger partial charge in [-0.2, -0.15) is 0 Å². The van der Waals surface area contributed by atoms with E-state index in [1.807, 2.05) is 0 Å². The fraction of sp³-hybridized carbons (Fsp3) is 1.00. The zero-order valence-electron chi connectivity index (χ0n) is 9.31. The topological polar surface area (TPSA) is 12.0 Å². The Hall–Kier alpha value is -0.0400. The van der Waals surface area contributed by atoms with Gasteiger partial charge < -0.3 is 5.32 Å². The maximum absolute atomic E-state index is 3.56. The molecule has 0 bridgehead atoms. The van der Waals surface area contributed by atoms with Crippen LogP contribution in [0.3, 0.4) is 0 Å². The molecule has 0 aromatic carbocycles. The first kappa shape index (κ1) is 11.0. The molecule has 1 fully saturated rings. The average Bonchev–Trinajstić information content (AvgIpc) is 2.19. The Kier molecular flexibility index (Phi) is 5.45. The van der Waals surface area contributed by atoms with Gasteiger partial charge in [-0.05, 0) is 37.8 Å². The van der Waals surface area contributed by atoms with Crippen LogP contribution in [-0.2, 0) is 0 Å². The highest BCUT2D eigenvalue weighted by Crippen LogP contribution is 2.23. The molecule has 0 unspecified atom stereocenters. The maximum Gasteiger partial charge on any atom is -0.00203 e. The van der Waals surface area contributed by atoms with Gasteiger partial charge in [-0.3, -0.25) is 0 Å². The van der Waals surface area contributed by atoms with Crippen molar-refractivity contribution >= 4 is 0 Å². The molecule has 0 amide bonds. The number of rotatable bonds is 5. The van der Waals surface area contributed by atoms with E-state index in [1.165, 1.54) is 51.6 Å². The molecule has 0 aromatic heterocycles. The molecule has 0 aromatic rings. The number of hydrogen-bond donors (Lipinski definition) is 1. The summed E-state index contributed by atoms with van der Waals surface area (Å²) in [5, 5.41) is 3.56. The van der Waals surface area contributed by atoms with Crippen molar-refractivity contribution in [3.63, 3.8) is 0 Å². The Morgan fingerprint density at radius 1 is 1.08 bits per heavy atom. The summed E-state index contributed by atoms with van der Waals surface area (Å²) in [6.07, 6.45) is 8.52. The molecule has 0 spiro atoms. The van der Waals surface area contributed by atoms with Crippen molar-refractivity contribution in [2.75, 3.05) is 13.1 Å². The largest absolute Gasteiger partial charge is 0.316 e. The Labute approximate surface area is 83.3 Å². The quantitative estimate of drug-likeness (QED) is 0.645. The van der Waals surface area contributed by atoms with E-state index in [9.17, 15) is 0 Å². The van der Waals surface area contributed by atoms with E-state index < -0.39 is 0 Å². The van der Waals surface area contributed by atoms with Crippen LogP contribution in [0.5, 0.6) is 0 Å². The monoisotopic (exact) mass is 183 g/mol. The lowest BCUT2D eigenvalue weighted by atomic mass is 9.86. The standard InChI is InChI=1S/C12H25N/c1-3-5-6-7-12-8-11(4-2)9-13-10-12/h11-13H,3-10H2,1-2H3/t11-,12+/m0/s1. The van der Waals surface area contributed by atoms with Crippen LogP contribution in [0, 0.1) is 11.8 Å². The predicted octanol–water partition coefficient (Wildman–Crippen LogP) is 3.20. The first-order valence-corrected chi connectivity index (χ1v) is 6.07. The van der Waals surface area contributed by atoms with Crippen LogP contribution in [0.25, 0.3) is 0 Å². The molecule has 1 heteroatoms. The Morgan fingerprint density at radius 2 is 1.85 bits per heavy atom. The minimum atomic E-state index is 0.959. The summed E-state index contributed by atoms with van der Waals surface area (Å²) in [6.45, 7) is 7.15. The van der Waals surface area contributed by atoms with Gasteiger partial charge in [0, 0.05) is 0 Å². The summed E-state index contributed by atoms with van der Waals surface area (Å²) in [4.78, 5) is 0. The molecule has 0 radical (unpaired) electrons. The molecule has 1 heterocycles. The van der Waals surface area contributed by atoms with Gasteiger partial charge in [-0.25, -0.2) is 0 Å². The summed E-state index contributed by atoms with van der Waals surface area (Å²) in [5.41, 5.74) is 0. The highest BCUT2D eigenvalue weighted by atomic mass is 14.9. The first-order valence-electron chi connectivity index (χ1n) is 6.07. The van der Waals surface area contributed by atoms with Gasteiger partial charge in [0.15, 0.2) is 0 Å². The third-order valence-electron chi connectivity index (χ3n) is 3.33. The van der Waals surface area contributed by atoms with Gasteiger partial charge in [0.05, 0.1) is 0 Å². The molecule has 13 heavy (non-hydrogen) atoms. The van der Waals surface area contributed by atoms with Crippen LogP contribution in [0.2, 0.25) is 0 Å². The van der Waals surface area contributed by atoms with Crippen molar-refractivity contribution in [2.24, 2.45) is 11.8 Å². The number of unbranched alkanes of at least 4 members (excludes halogenated alkanes) is 2. The molecule has 1 N–H and O–H groups in total. The Balaban J connectivity index is 2.11. The van der Waals surface area contributed by atoms with Gasteiger partial charge in [0.25, 0.3) is 0 Å². The van der Waals surface area contributed by atoms with Crippen molar-refractivity contribution in [1.29, 1.82) is 0 Å². The van der Waals surface area contributed by atoms with Gasteiger partial charge in [-0.15, -0.1) is 0 Å². The normalized spacial score (nSPS) is 29.1. The molecule has 1 saturated heterocycles. The highest BCUT2D eigenvalue weighted by Gasteiger charge is 2.19. The van der Waals surface area contributed by atoms with Gasteiger partial charge in [0.1, 0.15) is 0 Å². The van der Waals surface area contributed by atoms with Crippen LogP contribution in [-0.4, -0.2) is 13.1 Å². The van der Waals surface area contributed by atoms with Gasteiger partial charge in [-0.1, -0.05) is 39.5 Å². The second-order valence-corrected chi connectivity index (χ2v) is 4.53. The van der Waals surface area contributed by atoms with Crippen LogP contribution >= 0.6 is 0 Å². The summed E-state index contributed by atoms with van der Waals surface area (Å²) >= 11 is 0. The molecular formula is C12H25N.